The smallest absolute Gasteiger partial charge is 0.243 e. The van der Waals surface area contributed by atoms with Crippen LogP contribution in [0.15, 0.2) is 34.2 Å². The number of nitrogens with zero attached hydrogens (tertiary/aromatic N) is 2. The predicted octanol–water partition coefficient (Wildman–Crippen LogP) is 2.81. The third kappa shape index (κ3) is 5.42. The number of nitrogens with one attached hydrogen (secondary N) is 2. The molecule has 156 valence electrons. The van der Waals surface area contributed by atoms with Crippen LogP contribution in [-0.2, 0) is 16.6 Å². The summed E-state index contributed by atoms with van der Waals surface area (Å²) in [6.07, 6.45) is 4.41. The van der Waals surface area contributed by atoms with Crippen molar-refractivity contribution in [1.82, 2.24) is 14.9 Å². The van der Waals surface area contributed by atoms with Gasteiger partial charge in [-0.2, -0.15) is 16.1 Å². The molecule has 2 aliphatic rings. The zero-order valence-corrected chi connectivity index (χ0v) is 18.5. The van der Waals surface area contributed by atoms with Crippen LogP contribution in [0, 0.1) is 0 Å². The summed E-state index contributed by atoms with van der Waals surface area (Å²) in [4.78, 5) is 5.04. The first kappa shape index (κ1) is 21.5. The monoisotopic (exact) mass is 424 g/mol. The topological polar surface area (TPSA) is 73.8 Å². The maximum absolute atomic E-state index is 12.6. The van der Waals surface area contributed by atoms with Crippen LogP contribution in [0.5, 0.6) is 0 Å². The predicted molar refractivity (Wildman–Crippen MR) is 117 cm³/mol. The lowest BCUT2D eigenvalue weighted by molar-refractivity contribution is 0.477. The fourth-order valence-electron chi connectivity index (χ4n) is 3.60. The minimum Gasteiger partial charge on any atom is -0.357 e. The average molecular weight is 425 g/mol. The van der Waals surface area contributed by atoms with E-state index in [9.17, 15) is 8.42 Å². The van der Waals surface area contributed by atoms with Crippen LogP contribution < -0.4 is 10.6 Å². The molecule has 2 saturated heterocycles. The molecule has 0 radical (unpaired) electrons. The lowest BCUT2D eigenvalue weighted by Crippen LogP contribution is -2.43. The zero-order chi connectivity index (χ0) is 20.0. The van der Waals surface area contributed by atoms with Crippen molar-refractivity contribution in [2.75, 3.05) is 31.9 Å². The van der Waals surface area contributed by atoms with Gasteiger partial charge in [0.15, 0.2) is 5.96 Å². The van der Waals surface area contributed by atoms with Crippen molar-refractivity contribution in [2.45, 2.75) is 55.7 Å². The van der Waals surface area contributed by atoms with Gasteiger partial charge in [0.25, 0.3) is 0 Å². The number of sulfonamides is 1. The molecule has 0 spiro atoms. The van der Waals surface area contributed by atoms with Crippen molar-refractivity contribution >= 4 is 27.7 Å². The van der Waals surface area contributed by atoms with E-state index >= 15 is 0 Å². The summed E-state index contributed by atoms with van der Waals surface area (Å²) >= 11 is 2.03. The molecule has 1 atom stereocenters. The second-order valence-corrected chi connectivity index (χ2v) is 11.3. The Kier molecular flexibility index (Phi) is 7.28. The molecular formula is C20H32N4O2S2. The molecule has 0 saturated carbocycles. The lowest BCUT2D eigenvalue weighted by Gasteiger charge is -2.24. The normalized spacial score (nSPS) is 23.9. The van der Waals surface area contributed by atoms with Crippen LogP contribution >= 0.6 is 11.8 Å². The Balaban J connectivity index is 1.61. The Labute approximate surface area is 173 Å². The van der Waals surface area contributed by atoms with Crippen LogP contribution in [0.4, 0.5) is 0 Å². The fraction of sp³-hybridized carbons (Fsp3) is 0.650. The Bertz CT molecular complexity index is 766. The highest BCUT2D eigenvalue weighted by Crippen LogP contribution is 2.36. The minimum absolute atomic E-state index is 0.280. The van der Waals surface area contributed by atoms with E-state index in [0.29, 0.717) is 24.5 Å². The second kappa shape index (κ2) is 9.50. The number of guanidine groups is 1. The number of benzene rings is 1. The molecule has 0 aromatic heterocycles. The Morgan fingerprint density at radius 1 is 1.18 bits per heavy atom. The molecule has 2 fully saturated rings. The molecule has 0 amide bonds. The van der Waals surface area contributed by atoms with E-state index in [1.165, 1.54) is 18.6 Å². The molecule has 2 heterocycles. The van der Waals surface area contributed by atoms with Crippen LogP contribution in [0.2, 0.25) is 0 Å². The first-order valence-electron chi connectivity index (χ1n) is 10.2. The maximum atomic E-state index is 12.6. The first-order valence-corrected chi connectivity index (χ1v) is 12.6. The highest BCUT2D eigenvalue weighted by molar-refractivity contribution is 8.00. The van der Waals surface area contributed by atoms with E-state index in [0.717, 1.165) is 37.5 Å². The molecule has 0 bridgehead atoms. The van der Waals surface area contributed by atoms with Gasteiger partial charge in [-0.15, -0.1) is 0 Å². The van der Waals surface area contributed by atoms with Crippen LogP contribution in [0.25, 0.3) is 0 Å². The van der Waals surface area contributed by atoms with Crippen molar-refractivity contribution < 1.29 is 8.42 Å². The van der Waals surface area contributed by atoms with Gasteiger partial charge in [0.1, 0.15) is 0 Å². The Morgan fingerprint density at radius 3 is 2.50 bits per heavy atom. The molecule has 8 heteroatoms. The molecule has 1 aromatic rings. The molecule has 1 unspecified atom stereocenters. The van der Waals surface area contributed by atoms with Crippen molar-refractivity contribution in [3.05, 3.63) is 29.8 Å². The number of thioether (sulfide) groups is 1. The van der Waals surface area contributed by atoms with Crippen molar-refractivity contribution in [1.29, 1.82) is 0 Å². The Hall–Kier alpha value is -1.25. The van der Waals surface area contributed by atoms with Gasteiger partial charge in [0.05, 0.1) is 11.4 Å². The van der Waals surface area contributed by atoms with Crippen LogP contribution in [0.3, 0.4) is 0 Å². The largest absolute Gasteiger partial charge is 0.357 e. The molecule has 3 rings (SSSR count). The number of aliphatic imine (C=N–C) groups is 1. The highest BCUT2D eigenvalue weighted by Gasteiger charge is 2.29. The molecule has 0 aliphatic carbocycles. The van der Waals surface area contributed by atoms with E-state index in [2.05, 4.69) is 29.5 Å². The summed E-state index contributed by atoms with van der Waals surface area (Å²) in [5, 5.41) is 6.76. The van der Waals surface area contributed by atoms with Crippen molar-refractivity contribution in [2.24, 2.45) is 4.99 Å². The number of hydrogen-bond donors (Lipinski definition) is 2. The Morgan fingerprint density at radius 2 is 1.89 bits per heavy atom. The number of rotatable bonds is 7. The molecule has 6 nitrogen and oxygen atoms in total. The van der Waals surface area contributed by atoms with Gasteiger partial charge in [-0.05, 0) is 63.0 Å². The number of hydrogen-bond acceptors (Lipinski definition) is 4. The van der Waals surface area contributed by atoms with Crippen molar-refractivity contribution in [3.63, 3.8) is 0 Å². The van der Waals surface area contributed by atoms with Gasteiger partial charge in [-0.3, -0.25) is 0 Å². The molecule has 2 aliphatic heterocycles. The van der Waals surface area contributed by atoms with Gasteiger partial charge < -0.3 is 10.6 Å². The van der Waals surface area contributed by atoms with Gasteiger partial charge >= 0.3 is 0 Å². The third-order valence-corrected chi connectivity index (χ3v) is 8.77. The quantitative estimate of drug-likeness (QED) is 0.520. The van der Waals surface area contributed by atoms with E-state index < -0.39 is 10.0 Å². The maximum Gasteiger partial charge on any atom is 0.243 e. The summed E-state index contributed by atoms with van der Waals surface area (Å²) in [5.74, 6) is 2.04. The molecular weight excluding hydrogens is 392 g/mol. The van der Waals surface area contributed by atoms with Crippen LogP contribution in [0.1, 0.15) is 45.1 Å². The summed E-state index contributed by atoms with van der Waals surface area (Å²) in [6, 6.07) is 7.14. The van der Waals surface area contributed by atoms with Crippen molar-refractivity contribution in [3.8, 4) is 0 Å². The average Bonchev–Trinajstić information content (AvgIpc) is 3.37. The fourth-order valence-corrected chi connectivity index (χ4v) is 6.36. The van der Waals surface area contributed by atoms with E-state index in [4.69, 9.17) is 0 Å². The molecule has 2 N–H and O–H groups in total. The summed E-state index contributed by atoms with van der Waals surface area (Å²) < 4.78 is 27.1. The zero-order valence-electron chi connectivity index (χ0n) is 16.9. The summed E-state index contributed by atoms with van der Waals surface area (Å²) in [5.41, 5.74) is 0.999. The standard InChI is InChI=1S/C20H32N4O2S2/c1-3-21-19(23-16-20(2)11-6-14-27-20)22-15-17-7-9-18(10-8-17)28(25,26)24-12-4-5-13-24/h7-10H,3-6,11-16H2,1-2H3,(H2,21,22,23). The van der Waals surface area contributed by atoms with Gasteiger partial charge in [-0.1, -0.05) is 12.1 Å². The first-order chi connectivity index (χ1) is 13.4. The van der Waals surface area contributed by atoms with E-state index in [1.54, 1.807) is 16.4 Å². The SMILES string of the molecule is CCNC(=NCc1ccc(S(=O)(=O)N2CCCC2)cc1)NCC1(C)CCCS1. The van der Waals surface area contributed by atoms with Gasteiger partial charge in [0, 0.05) is 30.9 Å². The minimum atomic E-state index is -3.35. The third-order valence-electron chi connectivity index (χ3n) is 5.32. The van der Waals surface area contributed by atoms with E-state index in [-0.39, 0.29) is 4.75 Å². The van der Waals surface area contributed by atoms with Crippen LogP contribution in [-0.4, -0.2) is 55.4 Å². The lowest BCUT2D eigenvalue weighted by atomic mass is 10.1. The molecule has 28 heavy (non-hydrogen) atoms. The van der Waals surface area contributed by atoms with Gasteiger partial charge in [0.2, 0.25) is 10.0 Å². The second-order valence-electron chi connectivity index (χ2n) is 7.71. The van der Waals surface area contributed by atoms with Gasteiger partial charge in [-0.25, -0.2) is 13.4 Å². The molecule has 1 aromatic carbocycles. The van der Waals surface area contributed by atoms with E-state index in [1.807, 2.05) is 23.9 Å². The highest BCUT2D eigenvalue weighted by atomic mass is 32.2. The summed E-state index contributed by atoms with van der Waals surface area (Å²) in [6.45, 7) is 7.84. The summed E-state index contributed by atoms with van der Waals surface area (Å²) in [7, 11) is -3.35.